The van der Waals surface area contributed by atoms with Gasteiger partial charge in [0, 0.05) is 36.7 Å². The molecular weight excluding hydrogens is 368 g/mol. The van der Waals surface area contributed by atoms with Crippen molar-refractivity contribution in [2.45, 2.75) is 44.7 Å². The molecule has 2 aromatic heterocycles. The van der Waals surface area contributed by atoms with Gasteiger partial charge in [-0.3, -0.25) is 0 Å². The second kappa shape index (κ2) is 7.44. The van der Waals surface area contributed by atoms with Gasteiger partial charge in [0.1, 0.15) is 11.6 Å². The minimum Gasteiger partial charge on any atom is -0.507 e. The first-order valence-corrected chi connectivity index (χ1v) is 10.1. The number of nitrogens with zero attached hydrogens (tertiary/aromatic N) is 4. The molecule has 2 aliphatic rings. The van der Waals surface area contributed by atoms with Crippen LogP contribution in [-0.4, -0.2) is 44.1 Å². The molecule has 0 amide bonds. The van der Waals surface area contributed by atoms with Gasteiger partial charge in [-0.05, 0) is 61.9 Å². The number of aryl methyl sites for hydroxylation is 1. The van der Waals surface area contributed by atoms with Gasteiger partial charge in [-0.1, -0.05) is 0 Å². The fourth-order valence-corrected chi connectivity index (χ4v) is 4.46. The molecule has 0 radical (unpaired) electrons. The standard InChI is InChI=1S/C21H24N6O2/c1-12-24-27-21(29-12)14-2-5-17(19(28)10-14)18-6-7-20(26-25-18)22-11-13-8-15-3-4-16(9-13)23-15/h2,5-7,10,13,15-16,23,28H,3-4,8-9,11H2,1H3,(H,22,26). The highest BCUT2D eigenvalue weighted by Crippen LogP contribution is 2.33. The second-order valence-corrected chi connectivity index (χ2v) is 8.02. The van der Waals surface area contributed by atoms with E-state index < -0.39 is 0 Å². The van der Waals surface area contributed by atoms with E-state index >= 15 is 0 Å². The van der Waals surface area contributed by atoms with Crippen molar-refractivity contribution < 1.29 is 9.52 Å². The number of benzene rings is 1. The molecule has 2 saturated heterocycles. The van der Waals surface area contributed by atoms with Crippen LogP contribution in [-0.2, 0) is 0 Å². The third-order valence-electron chi connectivity index (χ3n) is 5.85. The molecule has 0 saturated carbocycles. The predicted octanol–water partition coefficient (Wildman–Crippen LogP) is 3.15. The van der Waals surface area contributed by atoms with Crippen LogP contribution in [0.2, 0.25) is 0 Å². The molecule has 4 heterocycles. The van der Waals surface area contributed by atoms with E-state index in [0.717, 1.165) is 12.4 Å². The average molecular weight is 392 g/mol. The van der Waals surface area contributed by atoms with Crippen molar-refractivity contribution in [3.63, 3.8) is 0 Å². The third-order valence-corrected chi connectivity index (χ3v) is 5.85. The van der Waals surface area contributed by atoms with Crippen molar-refractivity contribution in [1.82, 2.24) is 25.7 Å². The summed E-state index contributed by atoms with van der Waals surface area (Å²) in [7, 11) is 0. The molecule has 150 valence electrons. The molecule has 8 heteroatoms. The Morgan fingerprint density at radius 3 is 2.55 bits per heavy atom. The van der Waals surface area contributed by atoms with Crippen LogP contribution in [0.1, 0.15) is 31.6 Å². The number of nitrogens with one attached hydrogen (secondary N) is 2. The van der Waals surface area contributed by atoms with E-state index in [0.29, 0.717) is 46.6 Å². The van der Waals surface area contributed by atoms with Crippen LogP contribution in [0.5, 0.6) is 5.75 Å². The van der Waals surface area contributed by atoms with Crippen molar-refractivity contribution in [3.8, 4) is 28.5 Å². The Kier molecular flexibility index (Phi) is 4.63. The van der Waals surface area contributed by atoms with Crippen LogP contribution in [0.3, 0.4) is 0 Å². The number of rotatable bonds is 5. The Bertz CT molecular complexity index is 991. The molecule has 2 fully saturated rings. The van der Waals surface area contributed by atoms with Crippen molar-refractivity contribution in [2.75, 3.05) is 11.9 Å². The zero-order chi connectivity index (χ0) is 19.8. The largest absolute Gasteiger partial charge is 0.507 e. The summed E-state index contributed by atoms with van der Waals surface area (Å²) in [6, 6.07) is 10.4. The lowest BCUT2D eigenvalue weighted by molar-refractivity contribution is 0.311. The number of anilines is 1. The number of fused-ring (bicyclic) bond motifs is 2. The zero-order valence-electron chi connectivity index (χ0n) is 16.3. The molecule has 29 heavy (non-hydrogen) atoms. The summed E-state index contributed by atoms with van der Waals surface area (Å²) in [5.41, 5.74) is 1.88. The van der Waals surface area contributed by atoms with E-state index in [1.165, 1.54) is 25.7 Å². The maximum absolute atomic E-state index is 10.4. The van der Waals surface area contributed by atoms with Gasteiger partial charge < -0.3 is 20.2 Å². The maximum Gasteiger partial charge on any atom is 0.247 e. The van der Waals surface area contributed by atoms with Crippen LogP contribution >= 0.6 is 0 Å². The maximum atomic E-state index is 10.4. The van der Waals surface area contributed by atoms with E-state index in [1.807, 2.05) is 18.2 Å². The van der Waals surface area contributed by atoms with Gasteiger partial charge in [0.05, 0.1) is 5.69 Å². The summed E-state index contributed by atoms with van der Waals surface area (Å²) < 4.78 is 5.41. The summed E-state index contributed by atoms with van der Waals surface area (Å²) in [6.07, 6.45) is 5.08. The molecule has 3 aromatic rings. The van der Waals surface area contributed by atoms with Crippen LogP contribution in [0, 0.1) is 12.8 Å². The summed E-state index contributed by atoms with van der Waals surface area (Å²) in [6.45, 7) is 2.65. The van der Waals surface area contributed by atoms with Crippen molar-refractivity contribution >= 4 is 5.82 Å². The number of piperidine rings is 1. The molecule has 3 N–H and O–H groups in total. The van der Waals surface area contributed by atoms with Crippen molar-refractivity contribution in [2.24, 2.45) is 5.92 Å². The van der Waals surface area contributed by atoms with Gasteiger partial charge in [0.2, 0.25) is 11.8 Å². The van der Waals surface area contributed by atoms with Gasteiger partial charge in [-0.15, -0.1) is 20.4 Å². The predicted molar refractivity (Wildman–Crippen MR) is 108 cm³/mol. The monoisotopic (exact) mass is 392 g/mol. The number of phenolic OH excluding ortho intramolecular Hbond substituents is 1. The Morgan fingerprint density at radius 2 is 1.90 bits per heavy atom. The average Bonchev–Trinajstić information content (AvgIpc) is 3.31. The minimum absolute atomic E-state index is 0.0959. The van der Waals surface area contributed by atoms with Crippen LogP contribution in [0.4, 0.5) is 5.82 Å². The van der Waals surface area contributed by atoms with Gasteiger partial charge in [0.15, 0.2) is 0 Å². The number of aromatic hydroxyl groups is 1. The lowest BCUT2D eigenvalue weighted by Gasteiger charge is -2.29. The Hall–Kier alpha value is -3.00. The SMILES string of the molecule is Cc1nnc(-c2ccc(-c3ccc(NCC4CC5CCC(C4)N5)nn3)c(O)c2)o1. The lowest BCUT2D eigenvalue weighted by atomic mass is 9.92. The van der Waals surface area contributed by atoms with E-state index in [1.54, 1.807) is 19.1 Å². The first kappa shape index (κ1) is 18.1. The molecule has 1 aromatic carbocycles. The van der Waals surface area contributed by atoms with Crippen molar-refractivity contribution in [3.05, 3.63) is 36.2 Å². The van der Waals surface area contributed by atoms with Crippen LogP contribution in [0.15, 0.2) is 34.7 Å². The van der Waals surface area contributed by atoms with Gasteiger partial charge >= 0.3 is 0 Å². The van der Waals surface area contributed by atoms with Crippen molar-refractivity contribution in [1.29, 1.82) is 0 Å². The molecule has 2 unspecified atom stereocenters. The Morgan fingerprint density at radius 1 is 1.07 bits per heavy atom. The number of aromatic nitrogens is 4. The fourth-order valence-electron chi connectivity index (χ4n) is 4.46. The lowest BCUT2D eigenvalue weighted by Crippen LogP contribution is -2.40. The summed E-state index contributed by atoms with van der Waals surface area (Å²) in [5, 5.41) is 33.9. The minimum atomic E-state index is 0.0959. The molecular formula is C21H24N6O2. The highest BCUT2D eigenvalue weighted by molar-refractivity contribution is 5.71. The molecule has 2 atom stereocenters. The second-order valence-electron chi connectivity index (χ2n) is 8.02. The Balaban J connectivity index is 1.25. The smallest absolute Gasteiger partial charge is 0.247 e. The van der Waals surface area contributed by atoms with Gasteiger partial charge in [-0.25, -0.2) is 0 Å². The first-order chi connectivity index (χ1) is 14.1. The van der Waals surface area contributed by atoms with Crippen LogP contribution < -0.4 is 10.6 Å². The van der Waals surface area contributed by atoms with E-state index in [2.05, 4.69) is 31.0 Å². The fraction of sp³-hybridized carbons (Fsp3) is 0.429. The molecule has 2 aliphatic heterocycles. The molecule has 2 bridgehead atoms. The topological polar surface area (TPSA) is 109 Å². The normalized spacial score (nSPS) is 23.3. The first-order valence-electron chi connectivity index (χ1n) is 10.1. The Labute approximate surface area is 168 Å². The van der Waals surface area contributed by atoms with E-state index in [-0.39, 0.29) is 5.75 Å². The number of hydrogen-bond donors (Lipinski definition) is 3. The highest BCUT2D eigenvalue weighted by atomic mass is 16.4. The highest BCUT2D eigenvalue weighted by Gasteiger charge is 2.33. The third kappa shape index (κ3) is 3.80. The molecule has 8 nitrogen and oxygen atoms in total. The quantitative estimate of drug-likeness (QED) is 0.608. The summed E-state index contributed by atoms with van der Waals surface area (Å²) >= 11 is 0. The van der Waals surface area contributed by atoms with E-state index in [9.17, 15) is 5.11 Å². The van der Waals surface area contributed by atoms with Gasteiger partial charge in [0.25, 0.3) is 0 Å². The number of phenols is 1. The van der Waals surface area contributed by atoms with Gasteiger partial charge in [-0.2, -0.15) is 0 Å². The summed E-state index contributed by atoms with van der Waals surface area (Å²) in [5.74, 6) is 2.40. The molecule has 0 aliphatic carbocycles. The zero-order valence-corrected chi connectivity index (χ0v) is 16.3. The van der Waals surface area contributed by atoms with E-state index in [4.69, 9.17) is 4.42 Å². The molecule has 0 spiro atoms. The molecule has 5 rings (SSSR count). The van der Waals surface area contributed by atoms with Crippen LogP contribution in [0.25, 0.3) is 22.7 Å². The number of hydrogen-bond acceptors (Lipinski definition) is 8. The summed E-state index contributed by atoms with van der Waals surface area (Å²) in [4.78, 5) is 0.